The van der Waals surface area contributed by atoms with Crippen LogP contribution < -0.4 is 5.32 Å². The highest BCUT2D eigenvalue weighted by atomic mass is 16.5. The minimum atomic E-state index is 0.429. The Kier molecular flexibility index (Phi) is 4.05. The highest BCUT2D eigenvalue weighted by Gasteiger charge is 2.22. The first-order valence-corrected chi connectivity index (χ1v) is 7.62. The second-order valence-corrected chi connectivity index (χ2v) is 5.78. The molecule has 1 saturated carbocycles. The fourth-order valence-electron chi connectivity index (χ4n) is 2.94. The van der Waals surface area contributed by atoms with E-state index in [4.69, 9.17) is 9.78 Å². The van der Waals surface area contributed by atoms with E-state index >= 15 is 0 Å². The largest absolute Gasteiger partial charge is 0.363 e. The van der Waals surface area contributed by atoms with E-state index in [9.17, 15) is 0 Å². The summed E-state index contributed by atoms with van der Waals surface area (Å²) in [5, 5.41) is 16.3. The summed E-state index contributed by atoms with van der Waals surface area (Å²) in [7, 11) is 0. The van der Waals surface area contributed by atoms with E-state index in [0.717, 1.165) is 35.8 Å². The van der Waals surface area contributed by atoms with Crippen LogP contribution in [0.3, 0.4) is 0 Å². The highest BCUT2D eigenvalue weighted by Crippen LogP contribution is 2.32. The second kappa shape index (κ2) is 6.14. The fourth-order valence-corrected chi connectivity index (χ4v) is 2.94. The van der Waals surface area contributed by atoms with E-state index in [-0.39, 0.29) is 0 Å². The van der Waals surface area contributed by atoms with Gasteiger partial charge in [0.05, 0.1) is 17.8 Å². The molecule has 0 radical (unpaired) electrons. The molecule has 6 heteroatoms. The van der Waals surface area contributed by atoms with Crippen molar-refractivity contribution < 1.29 is 4.52 Å². The van der Waals surface area contributed by atoms with Crippen molar-refractivity contribution in [1.29, 1.82) is 5.26 Å². The number of nitriles is 1. The summed E-state index contributed by atoms with van der Waals surface area (Å²) in [6.45, 7) is 4.21. The Morgan fingerprint density at radius 3 is 2.77 bits per heavy atom. The zero-order valence-corrected chi connectivity index (χ0v) is 12.9. The average molecular weight is 297 g/mol. The van der Waals surface area contributed by atoms with Crippen LogP contribution in [-0.2, 0) is 6.54 Å². The van der Waals surface area contributed by atoms with Crippen molar-refractivity contribution >= 4 is 5.82 Å². The molecule has 0 amide bonds. The first kappa shape index (κ1) is 14.5. The molecule has 0 aromatic carbocycles. The van der Waals surface area contributed by atoms with Crippen LogP contribution in [-0.4, -0.2) is 15.1 Å². The van der Waals surface area contributed by atoms with E-state index in [1.807, 2.05) is 19.9 Å². The second-order valence-electron chi connectivity index (χ2n) is 5.78. The third kappa shape index (κ3) is 2.93. The van der Waals surface area contributed by atoms with Crippen LogP contribution in [0.25, 0.3) is 0 Å². The zero-order chi connectivity index (χ0) is 15.5. The maximum atomic E-state index is 9.06. The number of nitrogens with zero attached hydrogens (tertiary/aromatic N) is 4. The number of hydrogen-bond acceptors (Lipinski definition) is 6. The number of aromatic nitrogens is 3. The summed E-state index contributed by atoms with van der Waals surface area (Å²) in [6, 6.07) is 4.03. The number of rotatable bonds is 4. The molecule has 114 valence electrons. The molecule has 0 spiro atoms. The highest BCUT2D eigenvalue weighted by molar-refractivity contribution is 5.48. The van der Waals surface area contributed by atoms with E-state index in [0.29, 0.717) is 23.9 Å². The summed E-state index contributed by atoms with van der Waals surface area (Å²) >= 11 is 0. The standard InChI is InChI=1S/C16H19N5O/c1-10-7-14(19-11(2)13(10)8-17)18-9-15-20-16(22-21-15)12-5-3-4-6-12/h7,12H,3-6,9H2,1-2H3,(H,18,19). The molecular formula is C16H19N5O. The van der Waals surface area contributed by atoms with Crippen LogP contribution in [0.15, 0.2) is 10.6 Å². The first-order chi connectivity index (χ1) is 10.7. The van der Waals surface area contributed by atoms with Crippen molar-refractivity contribution in [2.75, 3.05) is 5.32 Å². The van der Waals surface area contributed by atoms with Crippen LogP contribution in [0, 0.1) is 25.2 Å². The number of hydrogen-bond donors (Lipinski definition) is 1. The van der Waals surface area contributed by atoms with Gasteiger partial charge in [-0.15, -0.1) is 0 Å². The quantitative estimate of drug-likeness (QED) is 0.932. The molecule has 2 heterocycles. The molecule has 0 bridgehead atoms. The smallest absolute Gasteiger partial charge is 0.229 e. The Labute approximate surface area is 129 Å². The van der Waals surface area contributed by atoms with E-state index < -0.39 is 0 Å². The predicted octanol–water partition coefficient (Wildman–Crippen LogP) is 3.22. The molecular weight excluding hydrogens is 278 g/mol. The minimum absolute atomic E-state index is 0.429. The van der Waals surface area contributed by atoms with E-state index in [2.05, 4.69) is 26.5 Å². The van der Waals surface area contributed by atoms with Gasteiger partial charge in [0.15, 0.2) is 5.82 Å². The van der Waals surface area contributed by atoms with Crippen molar-refractivity contribution in [3.05, 3.63) is 34.6 Å². The molecule has 0 saturated heterocycles. The van der Waals surface area contributed by atoms with Gasteiger partial charge >= 0.3 is 0 Å². The third-order valence-corrected chi connectivity index (χ3v) is 4.13. The van der Waals surface area contributed by atoms with Crippen LogP contribution in [0.2, 0.25) is 0 Å². The molecule has 0 aliphatic heterocycles. The summed E-state index contributed by atoms with van der Waals surface area (Å²) in [5.74, 6) is 2.55. The maximum absolute atomic E-state index is 9.06. The minimum Gasteiger partial charge on any atom is -0.363 e. The molecule has 0 atom stereocenters. The average Bonchev–Trinajstić information content (AvgIpc) is 3.16. The Morgan fingerprint density at radius 2 is 2.09 bits per heavy atom. The fraction of sp³-hybridized carbons (Fsp3) is 0.500. The van der Waals surface area contributed by atoms with Gasteiger partial charge < -0.3 is 9.84 Å². The van der Waals surface area contributed by atoms with Gasteiger partial charge in [0.2, 0.25) is 5.89 Å². The van der Waals surface area contributed by atoms with Crippen molar-refractivity contribution in [3.63, 3.8) is 0 Å². The lowest BCUT2D eigenvalue weighted by molar-refractivity contribution is 0.350. The molecule has 0 unspecified atom stereocenters. The Morgan fingerprint density at radius 1 is 1.32 bits per heavy atom. The van der Waals surface area contributed by atoms with Crippen molar-refractivity contribution in [2.45, 2.75) is 52.0 Å². The lowest BCUT2D eigenvalue weighted by Crippen LogP contribution is -2.05. The van der Waals surface area contributed by atoms with Crippen LogP contribution >= 0.6 is 0 Å². The van der Waals surface area contributed by atoms with Gasteiger partial charge in [-0.05, 0) is 38.3 Å². The molecule has 1 N–H and O–H groups in total. The Bertz CT molecular complexity index is 687. The first-order valence-electron chi connectivity index (χ1n) is 7.62. The van der Waals surface area contributed by atoms with Crippen molar-refractivity contribution in [1.82, 2.24) is 15.1 Å². The normalized spacial score (nSPS) is 15.0. The molecule has 2 aromatic rings. The molecule has 1 aliphatic carbocycles. The van der Waals surface area contributed by atoms with Crippen molar-refractivity contribution in [2.24, 2.45) is 0 Å². The SMILES string of the molecule is Cc1cc(NCc2noc(C3CCCC3)n2)nc(C)c1C#N. The van der Waals surface area contributed by atoms with Crippen LogP contribution in [0.4, 0.5) is 5.82 Å². The molecule has 1 fully saturated rings. The van der Waals surface area contributed by atoms with Crippen LogP contribution in [0.1, 0.15) is 60.1 Å². The predicted molar refractivity (Wildman–Crippen MR) is 81.3 cm³/mol. The molecule has 3 rings (SSSR count). The topological polar surface area (TPSA) is 87.6 Å². The molecule has 22 heavy (non-hydrogen) atoms. The summed E-state index contributed by atoms with van der Waals surface area (Å²) in [4.78, 5) is 8.85. The van der Waals surface area contributed by atoms with Crippen molar-refractivity contribution in [3.8, 4) is 6.07 Å². The Hall–Kier alpha value is -2.42. The lowest BCUT2D eigenvalue weighted by atomic mass is 10.1. The van der Waals surface area contributed by atoms with E-state index in [1.165, 1.54) is 12.8 Å². The maximum Gasteiger partial charge on any atom is 0.229 e. The van der Waals surface area contributed by atoms with Gasteiger partial charge in [-0.2, -0.15) is 10.2 Å². The van der Waals surface area contributed by atoms with Gasteiger partial charge in [-0.25, -0.2) is 4.98 Å². The molecule has 6 nitrogen and oxygen atoms in total. The zero-order valence-electron chi connectivity index (χ0n) is 12.9. The lowest BCUT2D eigenvalue weighted by Gasteiger charge is -2.07. The van der Waals surface area contributed by atoms with E-state index in [1.54, 1.807) is 0 Å². The molecule has 2 aromatic heterocycles. The van der Waals surface area contributed by atoms with Gasteiger partial charge in [0.25, 0.3) is 0 Å². The Balaban J connectivity index is 1.66. The number of anilines is 1. The monoisotopic (exact) mass is 297 g/mol. The van der Waals surface area contributed by atoms with Crippen LogP contribution in [0.5, 0.6) is 0 Å². The third-order valence-electron chi connectivity index (χ3n) is 4.13. The number of aryl methyl sites for hydroxylation is 2. The van der Waals surface area contributed by atoms with Gasteiger partial charge in [0.1, 0.15) is 11.9 Å². The summed E-state index contributed by atoms with van der Waals surface area (Å²) in [5.41, 5.74) is 2.27. The van der Waals surface area contributed by atoms with Gasteiger partial charge in [-0.1, -0.05) is 18.0 Å². The molecule has 1 aliphatic rings. The number of pyridine rings is 1. The number of nitrogens with one attached hydrogen (secondary N) is 1. The van der Waals surface area contributed by atoms with Gasteiger partial charge in [-0.3, -0.25) is 0 Å². The summed E-state index contributed by atoms with van der Waals surface area (Å²) < 4.78 is 5.36. The summed E-state index contributed by atoms with van der Waals surface area (Å²) in [6.07, 6.45) is 4.78. The van der Waals surface area contributed by atoms with Gasteiger partial charge in [0, 0.05) is 5.92 Å².